The third kappa shape index (κ3) is 3.28. The summed E-state index contributed by atoms with van der Waals surface area (Å²) >= 11 is 0. The van der Waals surface area contributed by atoms with Crippen molar-refractivity contribution in [3.63, 3.8) is 0 Å². The molecule has 19 heavy (non-hydrogen) atoms. The van der Waals surface area contributed by atoms with Gasteiger partial charge in [-0.05, 0) is 26.7 Å². The van der Waals surface area contributed by atoms with Crippen LogP contribution in [0.5, 0.6) is 0 Å². The van der Waals surface area contributed by atoms with Crippen LogP contribution in [0, 0.1) is 5.41 Å². The molecule has 0 aromatic rings. The summed E-state index contributed by atoms with van der Waals surface area (Å²) in [5, 5.41) is 9.24. The molecule has 0 aromatic carbocycles. The van der Waals surface area contributed by atoms with E-state index in [0.29, 0.717) is 12.8 Å². The second-order valence-corrected chi connectivity index (χ2v) is 8.63. The Morgan fingerprint density at radius 2 is 1.79 bits per heavy atom. The van der Waals surface area contributed by atoms with Gasteiger partial charge in [0.15, 0.2) is 9.84 Å². The first-order valence-electron chi connectivity index (χ1n) is 6.62. The van der Waals surface area contributed by atoms with E-state index < -0.39 is 32.6 Å². The Morgan fingerprint density at radius 1 is 1.26 bits per heavy atom. The molecule has 0 saturated heterocycles. The van der Waals surface area contributed by atoms with Crippen molar-refractivity contribution in [2.45, 2.75) is 50.7 Å². The van der Waals surface area contributed by atoms with Crippen LogP contribution in [0.25, 0.3) is 0 Å². The smallest absolute Gasteiger partial charge is 0.312 e. The highest BCUT2D eigenvalue weighted by Crippen LogP contribution is 2.40. The predicted octanol–water partition coefficient (Wildman–Crippen LogP) is 1.30. The van der Waals surface area contributed by atoms with Gasteiger partial charge in [-0.1, -0.05) is 19.3 Å². The van der Waals surface area contributed by atoms with Gasteiger partial charge < -0.3 is 9.84 Å². The van der Waals surface area contributed by atoms with Gasteiger partial charge in [0.2, 0.25) is 0 Å². The molecule has 5 nitrogen and oxygen atoms in total. The molecule has 0 unspecified atom stereocenters. The van der Waals surface area contributed by atoms with Crippen molar-refractivity contribution < 1.29 is 23.1 Å². The minimum absolute atomic E-state index is 0.236. The Morgan fingerprint density at radius 3 is 2.21 bits per heavy atom. The molecule has 1 saturated carbocycles. The number of carbonyl (C=O) groups excluding carboxylic acids is 1. The lowest BCUT2D eigenvalue weighted by molar-refractivity contribution is -0.153. The number of rotatable bonds is 5. The molecule has 0 aliphatic heterocycles. The molecule has 6 heteroatoms. The fourth-order valence-electron chi connectivity index (χ4n) is 2.51. The van der Waals surface area contributed by atoms with E-state index in [-0.39, 0.29) is 5.75 Å². The van der Waals surface area contributed by atoms with E-state index in [2.05, 4.69) is 0 Å². The lowest BCUT2D eigenvalue weighted by atomic mass is 9.75. The zero-order valence-corrected chi connectivity index (χ0v) is 12.8. The van der Waals surface area contributed by atoms with Crippen molar-refractivity contribution >= 4 is 15.8 Å². The lowest BCUT2D eigenvalue weighted by Crippen LogP contribution is -2.47. The predicted molar refractivity (Wildman–Crippen MR) is 72.5 cm³/mol. The molecule has 0 atom stereocenters. The largest absolute Gasteiger partial charge is 0.469 e. The molecular weight excluding hydrogens is 268 g/mol. The van der Waals surface area contributed by atoms with Crippen molar-refractivity contribution in [1.82, 2.24) is 0 Å². The van der Waals surface area contributed by atoms with E-state index in [1.165, 1.54) is 21.0 Å². The van der Waals surface area contributed by atoms with Crippen molar-refractivity contribution in [2.75, 3.05) is 19.5 Å². The number of carbonyl (C=O) groups is 1. The Balaban J connectivity index is 3.06. The van der Waals surface area contributed by atoms with Crippen molar-refractivity contribution in [3.8, 4) is 0 Å². The van der Waals surface area contributed by atoms with E-state index in [9.17, 15) is 18.3 Å². The van der Waals surface area contributed by atoms with Gasteiger partial charge in [-0.2, -0.15) is 0 Å². The summed E-state index contributed by atoms with van der Waals surface area (Å²) in [6.07, 6.45) is 3.78. The highest BCUT2D eigenvalue weighted by Gasteiger charge is 2.48. The van der Waals surface area contributed by atoms with Crippen LogP contribution in [-0.2, 0) is 19.4 Å². The molecular formula is C13H24O5S. The van der Waals surface area contributed by atoms with Gasteiger partial charge >= 0.3 is 5.97 Å². The molecule has 112 valence electrons. The van der Waals surface area contributed by atoms with Crippen LogP contribution in [0.4, 0.5) is 0 Å². The fraction of sp³-hybridized carbons (Fsp3) is 0.923. The number of esters is 1. The number of methoxy groups -OCH3 is 1. The summed E-state index contributed by atoms with van der Waals surface area (Å²) < 4.78 is 28.4. The number of sulfone groups is 1. The molecule has 1 N–H and O–H groups in total. The normalized spacial score (nSPS) is 20.0. The molecule has 0 bridgehead atoms. The topological polar surface area (TPSA) is 80.7 Å². The van der Waals surface area contributed by atoms with Crippen LogP contribution < -0.4 is 0 Å². The zero-order chi connectivity index (χ0) is 14.7. The quantitative estimate of drug-likeness (QED) is 0.772. The number of hydrogen-bond acceptors (Lipinski definition) is 5. The Labute approximate surface area is 115 Å². The highest BCUT2D eigenvalue weighted by molar-refractivity contribution is 7.92. The van der Waals surface area contributed by atoms with E-state index in [1.807, 2.05) is 0 Å². The number of hydrogen-bond donors (Lipinski definition) is 1. The molecule has 0 amide bonds. The average molecular weight is 292 g/mol. The minimum Gasteiger partial charge on any atom is -0.469 e. The maximum atomic E-state index is 12.4. The number of aliphatic hydroxyl groups is 1. The van der Waals surface area contributed by atoms with Crippen molar-refractivity contribution in [2.24, 2.45) is 5.41 Å². The molecule has 0 spiro atoms. The molecule has 0 heterocycles. The van der Waals surface area contributed by atoms with Crippen LogP contribution in [0.1, 0.15) is 46.0 Å². The monoisotopic (exact) mass is 292 g/mol. The summed E-state index contributed by atoms with van der Waals surface area (Å²) in [6.45, 7) is 2.51. The van der Waals surface area contributed by atoms with Crippen LogP contribution in [0.2, 0.25) is 0 Å². The standard InChI is InChI=1S/C13H24O5S/c1-12(2,9-14)19(16,17)10-13(11(15)18-3)7-5-4-6-8-13/h14H,4-10H2,1-3H3. The fourth-order valence-corrected chi connectivity index (χ4v) is 4.23. The first-order valence-corrected chi connectivity index (χ1v) is 8.28. The first-order chi connectivity index (χ1) is 8.71. The average Bonchev–Trinajstić information content (AvgIpc) is 2.38. The number of aliphatic hydroxyl groups excluding tert-OH is 1. The summed E-state index contributed by atoms with van der Waals surface area (Å²) in [7, 11) is -2.28. The molecule has 0 aromatic heterocycles. The lowest BCUT2D eigenvalue weighted by Gasteiger charge is -2.36. The Kier molecular flexibility index (Phi) is 5.01. The summed E-state index contributed by atoms with van der Waals surface area (Å²) in [5.41, 5.74) is -0.932. The maximum Gasteiger partial charge on any atom is 0.312 e. The molecule has 1 aliphatic rings. The minimum atomic E-state index is -3.57. The van der Waals surface area contributed by atoms with Crippen LogP contribution in [0.15, 0.2) is 0 Å². The van der Waals surface area contributed by atoms with Crippen LogP contribution >= 0.6 is 0 Å². The van der Waals surface area contributed by atoms with Gasteiger partial charge in [-0.15, -0.1) is 0 Å². The van der Waals surface area contributed by atoms with Gasteiger partial charge in [-0.25, -0.2) is 8.42 Å². The third-order valence-electron chi connectivity index (χ3n) is 4.12. The SMILES string of the molecule is COC(=O)C1(CS(=O)(=O)C(C)(C)CO)CCCCC1. The third-order valence-corrected chi connectivity index (χ3v) is 6.86. The van der Waals surface area contributed by atoms with E-state index in [1.54, 1.807) is 0 Å². The second kappa shape index (κ2) is 5.79. The summed E-state index contributed by atoms with van der Waals surface area (Å²) in [6, 6.07) is 0. The van der Waals surface area contributed by atoms with Crippen molar-refractivity contribution in [3.05, 3.63) is 0 Å². The van der Waals surface area contributed by atoms with Gasteiger partial charge in [0.25, 0.3) is 0 Å². The second-order valence-electron chi connectivity index (χ2n) is 6.01. The highest BCUT2D eigenvalue weighted by atomic mass is 32.2. The molecule has 1 fully saturated rings. The van der Waals surface area contributed by atoms with Gasteiger partial charge in [0, 0.05) is 0 Å². The maximum absolute atomic E-state index is 12.4. The molecule has 1 aliphatic carbocycles. The van der Waals surface area contributed by atoms with Crippen LogP contribution in [0.3, 0.4) is 0 Å². The number of ether oxygens (including phenoxy) is 1. The summed E-state index contributed by atoms with van der Waals surface area (Å²) in [5.74, 6) is -0.676. The molecule has 0 radical (unpaired) electrons. The van der Waals surface area contributed by atoms with Gasteiger partial charge in [0.05, 0.1) is 29.6 Å². The first kappa shape index (κ1) is 16.4. The van der Waals surface area contributed by atoms with E-state index in [4.69, 9.17) is 4.74 Å². The summed E-state index contributed by atoms with van der Waals surface area (Å²) in [4.78, 5) is 12.0. The van der Waals surface area contributed by atoms with E-state index >= 15 is 0 Å². The van der Waals surface area contributed by atoms with Gasteiger partial charge in [-0.3, -0.25) is 4.79 Å². The van der Waals surface area contributed by atoms with Crippen molar-refractivity contribution in [1.29, 1.82) is 0 Å². The molecule has 1 rings (SSSR count). The Bertz CT molecular complexity index is 418. The van der Waals surface area contributed by atoms with Crippen LogP contribution in [-0.4, -0.2) is 43.7 Å². The zero-order valence-electron chi connectivity index (χ0n) is 11.9. The van der Waals surface area contributed by atoms with E-state index in [0.717, 1.165) is 19.3 Å². The van der Waals surface area contributed by atoms with Gasteiger partial charge in [0.1, 0.15) is 0 Å². The Hall–Kier alpha value is -0.620.